The van der Waals surface area contributed by atoms with Crippen LogP contribution in [0.4, 0.5) is 0 Å². The Labute approximate surface area is 138 Å². The molecule has 0 radical (unpaired) electrons. The van der Waals surface area contributed by atoms with Crippen LogP contribution in [0.25, 0.3) is 38.3 Å². The van der Waals surface area contributed by atoms with Crippen LogP contribution in [0.1, 0.15) is 12.5 Å². The van der Waals surface area contributed by atoms with E-state index in [9.17, 15) is 4.79 Å². The molecule has 0 aliphatic heterocycles. The summed E-state index contributed by atoms with van der Waals surface area (Å²) < 4.78 is 7.01. The third-order valence-corrected chi connectivity index (χ3v) is 3.88. The van der Waals surface area contributed by atoms with Crippen molar-refractivity contribution in [2.45, 2.75) is 6.92 Å². The molecule has 0 amide bonds. The molecule has 2 aromatic carbocycles. The maximum Gasteiger partial charge on any atom is 0.340 e. The summed E-state index contributed by atoms with van der Waals surface area (Å²) in [7, 11) is 2.00. The highest BCUT2D eigenvalue weighted by atomic mass is 16.5. The van der Waals surface area contributed by atoms with Crippen LogP contribution in [-0.4, -0.2) is 17.1 Å². The predicted molar refractivity (Wildman–Crippen MR) is 94.2 cm³/mol. The molecule has 0 fully saturated rings. The fourth-order valence-corrected chi connectivity index (χ4v) is 2.81. The smallest absolute Gasteiger partial charge is 0.340 e. The molecular weight excluding hydrogens is 304 g/mol. The largest absolute Gasteiger partial charge is 0.462 e. The Kier molecular flexibility index (Phi) is 4.22. The normalized spacial score (nSPS) is 11.5. The van der Waals surface area contributed by atoms with Gasteiger partial charge in [0.25, 0.3) is 0 Å². The number of aromatic nitrogens is 1. The van der Waals surface area contributed by atoms with E-state index < -0.39 is 5.97 Å². The zero-order valence-electron chi connectivity index (χ0n) is 13.4. The summed E-state index contributed by atoms with van der Waals surface area (Å²) in [5.41, 5.74) is 11.5. The molecule has 0 atom stereocenters. The fraction of sp³-hybridized carbons (Fsp3) is 0.167. The predicted octanol–water partition coefficient (Wildman–Crippen LogP) is 4.55. The zero-order valence-corrected chi connectivity index (χ0v) is 13.4. The lowest BCUT2D eigenvalue weighted by Gasteiger charge is -2.03. The van der Waals surface area contributed by atoms with E-state index in [2.05, 4.69) is 26.7 Å². The number of carbonyl (C=O) groups excluding carboxylic acids is 1. The number of para-hydroxylation sites is 1. The molecular formula is C18H16N4O2. The first-order valence-corrected chi connectivity index (χ1v) is 7.56. The summed E-state index contributed by atoms with van der Waals surface area (Å²) >= 11 is 0. The third kappa shape index (κ3) is 2.71. The van der Waals surface area contributed by atoms with Crippen LogP contribution in [0.3, 0.4) is 0 Å². The Morgan fingerprint density at radius 1 is 1.25 bits per heavy atom. The monoisotopic (exact) mass is 320 g/mol. The van der Waals surface area contributed by atoms with Crippen molar-refractivity contribution < 1.29 is 9.53 Å². The highest BCUT2D eigenvalue weighted by Crippen LogP contribution is 2.29. The zero-order chi connectivity index (χ0) is 17.1. The molecule has 0 aliphatic rings. The van der Waals surface area contributed by atoms with E-state index in [-0.39, 0.29) is 12.3 Å². The molecule has 0 saturated heterocycles. The number of hydrogen-bond acceptors (Lipinski definition) is 3. The summed E-state index contributed by atoms with van der Waals surface area (Å²) in [6.45, 7) is 1.92. The van der Waals surface area contributed by atoms with Gasteiger partial charge in [-0.2, -0.15) is 0 Å². The Morgan fingerprint density at radius 2 is 2.00 bits per heavy atom. The second kappa shape index (κ2) is 6.48. The van der Waals surface area contributed by atoms with Crippen LogP contribution in [0.5, 0.6) is 0 Å². The molecule has 3 rings (SSSR count). The Hall–Kier alpha value is -3.24. The van der Waals surface area contributed by atoms with Gasteiger partial charge in [0.05, 0.1) is 6.61 Å². The number of fused-ring (bicyclic) bond motifs is 3. The standard InChI is InChI=1S/C18H16N4O2/c1-3-24-18(23)15(20-21-19)10-12-8-9-14-13-6-4-5-7-16(13)22(2)17(14)11-12/h4-11H,3H2,1-2H3. The van der Waals surface area contributed by atoms with Gasteiger partial charge in [-0.25, -0.2) is 4.79 Å². The van der Waals surface area contributed by atoms with Crippen LogP contribution in [-0.2, 0) is 16.6 Å². The maximum absolute atomic E-state index is 11.8. The Bertz CT molecular complexity index is 1010. The first kappa shape index (κ1) is 15.6. The molecule has 120 valence electrons. The second-order valence-corrected chi connectivity index (χ2v) is 5.29. The minimum absolute atomic E-state index is 0.0579. The van der Waals surface area contributed by atoms with E-state index in [1.807, 2.05) is 37.4 Å². The first-order chi connectivity index (χ1) is 11.7. The van der Waals surface area contributed by atoms with Crippen molar-refractivity contribution in [2.75, 3.05) is 6.61 Å². The van der Waals surface area contributed by atoms with Crippen LogP contribution in [0, 0.1) is 0 Å². The highest BCUT2D eigenvalue weighted by molar-refractivity contribution is 6.08. The molecule has 3 aromatic rings. The summed E-state index contributed by atoms with van der Waals surface area (Å²) in [5.74, 6) is -0.632. The fourth-order valence-electron chi connectivity index (χ4n) is 2.81. The molecule has 0 unspecified atom stereocenters. The number of rotatable bonds is 4. The molecule has 0 bridgehead atoms. The van der Waals surface area contributed by atoms with Crippen molar-refractivity contribution >= 4 is 33.9 Å². The Balaban J connectivity index is 2.15. The number of esters is 1. The van der Waals surface area contributed by atoms with Gasteiger partial charge in [-0.3, -0.25) is 0 Å². The van der Waals surface area contributed by atoms with Gasteiger partial charge in [-0.05, 0) is 36.2 Å². The van der Waals surface area contributed by atoms with Crippen LogP contribution >= 0.6 is 0 Å². The van der Waals surface area contributed by atoms with E-state index in [0.29, 0.717) is 0 Å². The Morgan fingerprint density at radius 3 is 2.75 bits per heavy atom. The molecule has 1 heterocycles. The van der Waals surface area contributed by atoms with Gasteiger partial charge >= 0.3 is 5.97 Å². The molecule has 0 aliphatic carbocycles. The van der Waals surface area contributed by atoms with Gasteiger partial charge in [0.1, 0.15) is 5.70 Å². The summed E-state index contributed by atoms with van der Waals surface area (Å²) in [4.78, 5) is 14.5. The van der Waals surface area contributed by atoms with Crippen molar-refractivity contribution in [1.82, 2.24) is 4.57 Å². The van der Waals surface area contributed by atoms with Crippen molar-refractivity contribution in [3.8, 4) is 0 Å². The van der Waals surface area contributed by atoms with Crippen LogP contribution < -0.4 is 0 Å². The van der Waals surface area contributed by atoms with Crippen LogP contribution in [0.15, 0.2) is 53.3 Å². The van der Waals surface area contributed by atoms with Gasteiger partial charge in [-0.15, -0.1) is 0 Å². The number of nitrogens with zero attached hydrogens (tertiary/aromatic N) is 4. The van der Waals surface area contributed by atoms with Crippen molar-refractivity contribution in [1.29, 1.82) is 0 Å². The topological polar surface area (TPSA) is 80.0 Å². The van der Waals surface area contributed by atoms with Gasteiger partial charge < -0.3 is 9.30 Å². The van der Waals surface area contributed by atoms with Gasteiger partial charge in [0.2, 0.25) is 0 Å². The average Bonchev–Trinajstić information content (AvgIpc) is 2.88. The molecule has 6 heteroatoms. The minimum atomic E-state index is -0.632. The number of aryl methyl sites for hydroxylation is 1. The lowest BCUT2D eigenvalue weighted by molar-refractivity contribution is -0.138. The highest BCUT2D eigenvalue weighted by Gasteiger charge is 2.11. The van der Waals surface area contributed by atoms with Crippen molar-refractivity contribution in [3.63, 3.8) is 0 Å². The summed E-state index contributed by atoms with van der Waals surface area (Å²) in [6.07, 6.45) is 1.54. The third-order valence-electron chi connectivity index (χ3n) is 3.88. The lowest BCUT2D eigenvalue weighted by Crippen LogP contribution is -2.05. The molecule has 0 spiro atoms. The number of benzene rings is 2. The average molecular weight is 320 g/mol. The van der Waals surface area contributed by atoms with E-state index in [1.54, 1.807) is 6.92 Å². The molecule has 0 N–H and O–H groups in total. The number of hydrogen-bond donors (Lipinski definition) is 0. The van der Waals surface area contributed by atoms with Crippen molar-refractivity contribution in [3.05, 3.63) is 64.2 Å². The number of ether oxygens (including phenoxy) is 1. The molecule has 0 saturated carbocycles. The first-order valence-electron chi connectivity index (χ1n) is 7.56. The van der Waals surface area contributed by atoms with E-state index in [4.69, 9.17) is 10.3 Å². The van der Waals surface area contributed by atoms with Gasteiger partial charge in [-0.1, -0.05) is 35.4 Å². The summed E-state index contributed by atoms with van der Waals surface area (Å²) in [5, 5.41) is 5.75. The molecule has 1 aromatic heterocycles. The lowest BCUT2D eigenvalue weighted by atomic mass is 10.1. The SMILES string of the molecule is CCOC(=O)C(=Cc1ccc2c3ccccc3n(C)c2c1)N=[N+]=[N-]. The van der Waals surface area contributed by atoms with E-state index in [0.717, 1.165) is 22.0 Å². The molecule has 6 nitrogen and oxygen atoms in total. The van der Waals surface area contributed by atoms with Gasteiger partial charge in [0.15, 0.2) is 0 Å². The second-order valence-electron chi connectivity index (χ2n) is 5.29. The quantitative estimate of drug-likeness (QED) is 0.232. The van der Waals surface area contributed by atoms with E-state index in [1.165, 1.54) is 11.5 Å². The van der Waals surface area contributed by atoms with Gasteiger partial charge in [0, 0.05) is 33.8 Å². The van der Waals surface area contributed by atoms with E-state index >= 15 is 0 Å². The summed E-state index contributed by atoms with van der Waals surface area (Å²) in [6, 6.07) is 14.0. The van der Waals surface area contributed by atoms with Crippen LogP contribution in [0.2, 0.25) is 0 Å². The number of carbonyl (C=O) groups is 1. The van der Waals surface area contributed by atoms with Crippen molar-refractivity contribution in [2.24, 2.45) is 12.2 Å². The molecule has 24 heavy (non-hydrogen) atoms. The maximum atomic E-state index is 11.8. The number of azide groups is 1. The minimum Gasteiger partial charge on any atom is -0.462 e.